The summed E-state index contributed by atoms with van der Waals surface area (Å²) < 4.78 is 13.2. The van der Waals surface area contributed by atoms with Crippen LogP contribution in [0.15, 0.2) is 34.6 Å². The number of nitrogens with one attached hydrogen (secondary N) is 2. The number of hydrogen-bond donors (Lipinski definition) is 2. The Hall–Kier alpha value is -1.22. The summed E-state index contributed by atoms with van der Waals surface area (Å²) in [5.74, 6) is 0.434. The molecule has 2 aromatic rings. The molecule has 0 aliphatic carbocycles. The van der Waals surface area contributed by atoms with Crippen LogP contribution in [0.1, 0.15) is 37.0 Å². The van der Waals surface area contributed by atoms with E-state index in [1.54, 1.807) is 24.5 Å². The Morgan fingerprint density at radius 1 is 1.25 bits per heavy atom. The second-order valence-electron chi connectivity index (χ2n) is 6.30. The molecule has 7 heteroatoms. The van der Waals surface area contributed by atoms with Crippen LogP contribution in [-0.2, 0) is 18.5 Å². The monoisotopic (exact) mass is 462 g/mol. The Labute approximate surface area is 164 Å². The zero-order valence-electron chi connectivity index (χ0n) is 14.4. The lowest BCUT2D eigenvalue weighted by molar-refractivity contribution is 0.582. The lowest BCUT2D eigenvalue weighted by Crippen LogP contribution is -2.36. The Bertz CT molecular complexity index is 679. The summed E-state index contributed by atoms with van der Waals surface area (Å²) in [6, 6.07) is 6.52. The number of rotatable bonds is 4. The molecule has 0 bridgehead atoms. The van der Waals surface area contributed by atoms with Gasteiger partial charge in [0.1, 0.15) is 5.82 Å². The number of thiazole rings is 1. The summed E-state index contributed by atoms with van der Waals surface area (Å²) in [4.78, 5) is 8.81. The van der Waals surface area contributed by atoms with Gasteiger partial charge in [0.2, 0.25) is 0 Å². The van der Waals surface area contributed by atoms with Crippen LogP contribution < -0.4 is 10.6 Å². The molecule has 2 rings (SSSR count). The quantitative estimate of drug-likeness (QED) is 0.410. The molecule has 0 aliphatic rings. The van der Waals surface area contributed by atoms with Gasteiger partial charge in [-0.3, -0.25) is 4.99 Å². The van der Waals surface area contributed by atoms with Crippen molar-refractivity contribution < 1.29 is 4.39 Å². The molecule has 0 aliphatic heterocycles. The van der Waals surface area contributed by atoms with Crippen LogP contribution in [0.3, 0.4) is 0 Å². The maximum Gasteiger partial charge on any atom is 0.191 e. The highest BCUT2D eigenvalue weighted by Crippen LogP contribution is 2.25. The average Bonchev–Trinajstić information content (AvgIpc) is 2.96. The molecule has 0 spiro atoms. The van der Waals surface area contributed by atoms with Gasteiger partial charge in [0.15, 0.2) is 5.96 Å². The van der Waals surface area contributed by atoms with Crippen molar-refractivity contribution in [3.63, 3.8) is 0 Å². The SMILES string of the molecule is CN=C(NCc1cccc(F)c1)NCc1csc(C(C)(C)C)n1.I. The third-order valence-corrected chi connectivity index (χ3v) is 4.52. The van der Waals surface area contributed by atoms with E-state index >= 15 is 0 Å². The van der Waals surface area contributed by atoms with E-state index < -0.39 is 0 Å². The largest absolute Gasteiger partial charge is 0.352 e. The second-order valence-corrected chi connectivity index (χ2v) is 7.16. The van der Waals surface area contributed by atoms with Crippen molar-refractivity contribution in [3.8, 4) is 0 Å². The van der Waals surface area contributed by atoms with Crippen LogP contribution >= 0.6 is 35.3 Å². The summed E-state index contributed by atoms with van der Waals surface area (Å²) in [6.45, 7) is 7.59. The number of nitrogens with zero attached hydrogens (tertiary/aromatic N) is 2. The summed E-state index contributed by atoms with van der Waals surface area (Å²) in [7, 11) is 1.71. The molecule has 1 aromatic carbocycles. The standard InChI is InChI=1S/C17H23FN4S.HI/c1-17(2,3)15-22-14(11-23-15)10-21-16(19-4)20-9-12-6-5-7-13(18)8-12;/h5-8,11H,9-10H2,1-4H3,(H2,19,20,21);1H. The maximum atomic E-state index is 13.2. The van der Waals surface area contributed by atoms with Crippen LogP contribution in [-0.4, -0.2) is 18.0 Å². The lowest BCUT2D eigenvalue weighted by atomic mass is 9.98. The molecule has 0 atom stereocenters. The van der Waals surface area contributed by atoms with Crippen molar-refractivity contribution in [2.75, 3.05) is 7.05 Å². The molecule has 0 fully saturated rings. The van der Waals surface area contributed by atoms with Gasteiger partial charge in [0.25, 0.3) is 0 Å². The fraction of sp³-hybridized carbons (Fsp3) is 0.412. The first kappa shape index (κ1) is 20.8. The van der Waals surface area contributed by atoms with Crippen LogP contribution in [0, 0.1) is 5.82 Å². The number of aliphatic imine (C=N–C) groups is 1. The van der Waals surface area contributed by atoms with E-state index in [9.17, 15) is 4.39 Å². The summed E-state index contributed by atoms with van der Waals surface area (Å²) >= 11 is 1.67. The molecule has 1 aromatic heterocycles. The fourth-order valence-corrected chi connectivity index (χ4v) is 2.87. The summed E-state index contributed by atoms with van der Waals surface area (Å²) in [5, 5.41) is 9.58. The van der Waals surface area contributed by atoms with Gasteiger partial charge in [-0.1, -0.05) is 32.9 Å². The van der Waals surface area contributed by atoms with Crippen molar-refractivity contribution in [1.82, 2.24) is 15.6 Å². The van der Waals surface area contributed by atoms with Crippen molar-refractivity contribution in [3.05, 3.63) is 51.7 Å². The summed E-state index contributed by atoms with van der Waals surface area (Å²) in [6.07, 6.45) is 0. The van der Waals surface area contributed by atoms with E-state index in [0.717, 1.165) is 16.3 Å². The van der Waals surface area contributed by atoms with Gasteiger partial charge in [0, 0.05) is 24.4 Å². The van der Waals surface area contributed by atoms with Crippen LogP contribution in [0.4, 0.5) is 4.39 Å². The van der Waals surface area contributed by atoms with Crippen molar-refractivity contribution in [1.29, 1.82) is 0 Å². The van der Waals surface area contributed by atoms with Gasteiger partial charge in [-0.25, -0.2) is 9.37 Å². The highest BCUT2D eigenvalue weighted by Gasteiger charge is 2.17. The first-order chi connectivity index (χ1) is 10.9. The summed E-state index contributed by atoms with van der Waals surface area (Å²) in [5.41, 5.74) is 1.94. The van der Waals surface area contributed by atoms with Crippen molar-refractivity contribution in [2.24, 2.45) is 4.99 Å². The third-order valence-electron chi connectivity index (χ3n) is 3.20. The number of guanidine groups is 1. The first-order valence-corrected chi connectivity index (χ1v) is 8.40. The molecule has 0 unspecified atom stereocenters. The molecule has 1 heterocycles. The van der Waals surface area contributed by atoms with Gasteiger partial charge >= 0.3 is 0 Å². The predicted molar refractivity (Wildman–Crippen MR) is 110 cm³/mol. The number of hydrogen-bond acceptors (Lipinski definition) is 3. The van der Waals surface area contributed by atoms with Crippen molar-refractivity contribution >= 4 is 41.3 Å². The van der Waals surface area contributed by atoms with Gasteiger partial charge in [-0.05, 0) is 17.7 Å². The molecular formula is C17H24FIN4S. The predicted octanol–water partition coefficient (Wildman–Crippen LogP) is 4.06. The van der Waals surface area contributed by atoms with Crippen molar-refractivity contribution in [2.45, 2.75) is 39.3 Å². The minimum Gasteiger partial charge on any atom is -0.352 e. The Balaban J connectivity index is 0.00000288. The Morgan fingerprint density at radius 3 is 2.54 bits per heavy atom. The zero-order valence-corrected chi connectivity index (χ0v) is 17.5. The van der Waals surface area contributed by atoms with E-state index in [1.807, 2.05) is 6.07 Å². The zero-order chi connectivity index (χ0) is 16.9. The highest BCUT2D eigenvalue weighted by atomic mass is 127. The van der Waals surface area contributed by atoms with E-state index in [2.05, 4.69) is 46.8 Å². The molecule has 0 saturated carbocycles. The molecule has 0 radical (unpaired) electrons. The third kappa shape index (κ3) is 6.35. The normalized spacial score (nSPS) is 11.8. The topological polar surface area (TPSA) is 49.3 Å². The van der Waals surface area contributed by atoms with E-state index in [4.69, 9.17) is 0 Å². The van der Waals surface area contributed by atoms with Crippen LogP contribution in [0.5, 0.6) is 0 Å². The van der Waals surface area contributed by atoms with E-state index in [0.29, 0.717) is 19.0 Å². The van der Waals surface area contributed by atoms with E-state index in [1.165, 1.54) is 12.1 Å². The Kier molecular flexibility index (Phi) is 8.08. The average molecular weight is 462 g/mol. The maximum absolute atomic E-state index is 13.2. The molecule has 4 nitrogen and oxygen atoms in total. The molecule has 0 amide bonds. The second kappa shape index (κ2) is 9.31. The van der Waals surface area contributed by atoms with Crippen LogP contribution in [0.25, 0.3) is 0 Å². The lowest BCUT2D eigenvalue weighted by Gasteiger charge is -2.14. The molecule has 24 heavy (non-hydrogen) atoms. The Morgan fingerprint density at radius 2 is 1.96 bits per heavy atom. The fourth-order valence-electron chi connectivity index (χ4n) is 1.96. The minimum atomic E-state index is -0.232. The van der Waals surface area contributed by atoms with Gasteiger partial charge in [-0.2, -0.15) is 0 Å². The first-order valence-electron chi connectivity index (χ1n) is 7.52. The van der Waals surface area contributed by atoms with Crippen LogP contribution in [0.2, 0.25) is 0 Å². The van der Waals surface area contributed by atoms with Gasteiger partial charge in [0.05, 0.1) is 17.2 Å². The molecule has 132 valence electrons. The molecular weight excluding hydrogens is 438 g/mol. The number of aromatic nitrogens is 1. The molecule has 2 N–H and O–H groups in total. The van der Waals surface area contributed by atoms with Gasteiger partial charge < -0.3 is 10.6 Å². The highest BCUT2D eigenvalue weighted by molar-refractivity contribution is 14.0. The van der Waals surface area contributed by atoms with E-state index in [-0.39, 0.29) is 35.2 Å². The number of benzene rings is 1. The van der Waals surface area contributed by atoms with Gasteiger partial charge in [-0.15, -0.1) is 35.3 Å². The number of halogens is 2. The molecule has 0 saturated heterocycles. The smallest absolute Gasteiger partial charge is 0.191 e. The minimum absolute atomic E-state index is 0.